The van der Waals surface area contributed by atoms with Crippen LogP contribution in [-0.4, -0.2) is 18.6 Å². The second kappa shape index (κ2) is 5.60. The maximum atomic E-state index is 12.4. The highest BCUT2D eigenvalue weighted by Gasteiger charge is 2.42. The van der Waals surface area contributed by atoms with E-state index in [1.165, 1.54) is 6.42 Å². The van der Waals surface area contributed by atoms with E-state index in [0.717, 1.165) is 38.5 Å². The topological polar surface area (TPSA) is 52.3 Å². The molecular weight excluding hydrogens is 226 g/mol. The highest BCUT2D eigenvalue weighted by atomic mass is 16.5. The van der Waals surface area contributed by atoms with Crippen LogP contribution >= 0.6 is 0 Å². The molecule has 0 aromatic carbocycles. The average Bonchev–Trinajstić information content (AvgIpc) is 2.77. The highest BCUT2D eigenvalue weighted by Crippen LogP contribution is 2.40. The van der Waals surface area contributed by atoms with E-state index in [2.05, 4.69) is 13.8 Å². The molecule has 0 aliphatic heterocycles. The van der Waals surface area contributed by atoms with E-state index in [-0.39, 0.29) is 17.5 Å². The zero-order valence-corrected chi connectivity index (χ0v) is 11.8. The largest absolute Gasteiger partial charge is 0.462 e. The van der Waals surface area contributed by atoms with Crippen LogP contribution < -0.4 is 5.73 Å². The van der Waals surface area contributed by atoms with Crippen LogP contribution in [0.2, 0.25) is 0 Å². The maximum Gasteiger partial charge on any atom is 0.313 e. The third-order valence-corrected chi connectivity index (χ3v) is 4.79. The van der Waals surface area contributed by atoms with Gasteiger partial charge in [0.2, 0.25) is 0 Å². The van der Waals surface area contributed by atoms with E-state index < -0.39 is 0 Å². The summed E-state index contributed by atoms with van der Waals surface area (Å²) >= 11 is 0. The summed E-state index contributed by atoms with van der Waals surface area (Å²) < 4.78 is 5.79. The third-order valence-electron chi connectivity index (χ3n) is 4.79. The van der Waals surface area contributed by atoms with Crippen LogP contribution in [0, 0.1) is 17.3 Å². The summed E-state index contributed by atoms with van der Waals surface area (Å²) in [4.78, 5) is 12.4. The number of hydrogen-bond donors (Lipinski definition) is 1. The predicted octanol–water partition coefficient (Wildman–Crippen LogP) is 2.87. The van der Waals surface area contributed by atoms with Gasteiger partial charge in [-0.05, 0) is 43.9 Å². The molecule has 0 spiro atoms. The van der Waals surface area contributed by atoms with Crippen molar-refractivity contribution in [3.63, 3.8) is 0 Å². The molecule has 2 saturated carbocycles. The molecule has 2 aliphatic carbocycles. The molecular formula is C15H27NO2. The van der Waals surface area contributed by atoms with Gasteiger partial charge in [0.15, 0.2) is 0 Å². The van der Waals surface area contributed by atoms with Crippen molar-refractivity contribution in [1.82, 2.24) is 0 Å². The van der Waals surface area contributed by atoms with Gasteiger partial charge in [-0.15, -0.1) is 0 Å². The van der Waals surface area contributed by atoms with Crippen LogP contribution in [0.4, 0.5) is 0 Å². The van der Waals surface area contributed by atoms with Crippen molar-refractivity contribution in [3.05, 3.63) is 0 Å². The first-order chi connectivity index (χ1) is 8.55. The Kier molecular flexibility index (Phi) is 4.31. The minimum atomic E-state index is -0.357. The quantitative estimate of drug-likeness (QED) is 0.787. The Bertz CT molecular complexity index is 287. The molecule has 0 bridgehead atoms. The van der Waals surface area contributed by atoms with Crippen LogP contribution in [0.15, 0.2) is 0 Å². The molecule has 0 aromatic rings. The van der Waals surface area contributed by atoms with Gasteiger partial charge in [0.05, 0.1) is 5.41 Å². The monoisotopic (exact) mass is 253 g/mol. The lowest BCUT2D eigenvalue weighted by molar-refractivity contribution is -0.163. The van der Waals surface area contributed by atoms with Crippen LogP contribution in [0.5, 0.6) is 0 Å². The second-order valence-corrected chi connectivity index (χ2v) is 6.64. The van der Waals surface area contributed by atoms with Crippen molar-refractivity contribution in [2.75, 3.05) is 6.54 Å². The van der Waals surface area contributed by atoms with Crippen molar-refractivity contribution >= 4 is 5.97 Å². The summed E-state index contributed by atoms with van der Waals surface area (Å²) in [6.45, 7) is 4.96. The van der Waals surface area contributed by atoms with Gasteiger partial charge in [-0.3, -0.25) is 4.79 Å². The molecule has 2 rings (SSSR count). The maximum absolute atomic E-state index is 12.4. The Morgan fingerprint density at radius 3 is 2.22 bits per heavy atom. The summed E-state index contributed by atoms with van der Waals surface area (Å²) in [6.07, 6.45) is 7.50. The Morgan fingerprint density at radius 1 is 1.17 bits per heavy atom. The average molecular weight is 253 g/mol. The highest BCUT2D eigenvalue weighted by molar-refractivity contribution is 5.77. The Labute approximate surface area is 110 Å². The number of ether oxygens (including phenoxy) is 1. The molecule has 18 heavy (non-hydrogen) atoms. The molecule has 0 radical (unpaired) electrons. The molecule has 0 amide bonds. The molecule has 0 heterocycles. The Morgan fingerprint density at radius 2 is 1.72 bits per heavy atom. The van der Waals surface area contributed by atoms with Crippen molar-refractivity contribution < 1.29 is 9.53 Å². The number of carbonyl (C=O) groups excluding carboxylic acids is 1. The summed E-state index contributed by atoms with van der Waals surface area (Å²) in [7, 11) is 0. The van der Waals surface area contributed by atoms with Gasteiger partial charge in [0.1, 0.15) is 6.10 Å². The zero-order chi connectivity index (χ0) is 13.2. The normalized spacial score (nSPS) is 35.4. The SMILES string of the molecule is CC1CC(C)CC(OC(=O)C2(CN)CCCC2)C1. The van der Waals surface area contributed by atoms with Gasteiger partial charge in [0.25, 0.3) is 0 Å². The smallest absolute Gasteiger partial charge is 0.313 e. The third kappa shape index (κ3) is 2.87. The molecule has 0 saturated heterocycles. The Balaban J connectivity index is 1.94. The van der Waals surface area contributed by atoms with E-state index in [9.17, 15) is 4.79 Å². The standard InChI is InChI=1S/C15H27NO2/c1-11-7-12(2)9-13(8-11)18-14(17)15(10-16)5-3-4-6-15/h11-13H,3-10,16H2,1-2H3. The molecule has 2 atom stereocenters. The van der Waals surface area contributed by atoms with E-state index >= 15 is 0 Å². The van der Waals surface area contributed by atoms with Crippen LogP contribution in [0.25, 0.3) is 0 Å². The second-order valence-electron chi connectivity index (χ2n) is 6.64. The number of hydrogen-bond acceptors (Lipinski definition) is 3. The van der Waals surface area contributed by atoms with Gasteiger partial charge >= 0.3 is 5.97 Å². The minimum absolute atomic E-state index is 0.0196. The number of esters is 1. The molecule has 2 aliphatic rings. The fourth-order valence-corrected chi connectivity index (χ4v) is 3.79. The molecule has 0 aromatic heterocycles. The van der Waals surface area contributed by atoms with Crippen molar-refractivity contribution in [3.8, 4) is 0 Å². The summed E-state index contributed by atoms with van der Waals surface area (Å²) in [5.74, 6) is 1.32. The van der Waals surface area contributed by atoms with Crippen molar-refractivity contribution in [2.45, 2.75) is 64.9 Å². The fourth-order valence-electron chi connectivity index (χ4n) is 3.79. The van der Waals surface area contributed by atoms with Gasteiger partial charge < -0.3 is 10.5 Å². The van der Waals surface area contributed by atoms with E-state index in [1.807, 2.05) is 0 Å². The lowest BCUT2D eigenvalue weighted by atomic mass is 9.81. The van der Waals surface area contributed by atoms with Crippen LogP contribution in [0.3, 0.4) is 0 Å². The van der Waals surface area contributed by atoms with Crippen LogP contribution in [-0.2, 0) is 9.53 Å². The lowest BCUT2D eigenvalue weighted by Gasteiger charge is -2.34. The fraction of sp³-hybridized carbons (Fsp3) is 0.933. The van der Waals surface area contributed by atoms with Gasteiger partial charge in [0, 0.05) is 6.54 Å². The number of nitrogens with two attached hydrogens (primary N) is 1. The summed E-state index contributed by atoms with van der Waals surface area (Å²) in [5, 5.41) is 0. The molecule has 3 nitrogen and oxygen atoms in total. The summed E-state index contributed by atoms with van der Waals surface area (Å²) in [6, 6.07) is 0. The van der Waals surface area contributed by atoms with Crippen LogP contribution in [0.1, 0.15) is 58.8 Å². The first-order valence-electron chi connectivity index (χ1n) is 7.47. The molecule has 2 unspecified atom stereocenters. The Hall–Kier alpha value is -0.570. The molecule has 2 fully saturated rings. The molecule has 104 valence electrons. The van der Waals surface area contributed by atoms with Crippen molar-refractivity contribution in [2.24, 2.45) is 23.0 Å². The number of rotatable bonds is 3. The van der Waals surface area contributed by atoms with Crippen molar-refractivity contribution in [1.29, 1.82) is 0 Å². The lowest BCUT2D eigenvalue weighted by Crippen LogP contribution is -2.40. The molecule has 3 heteroatoms. The first-order valence-corrected chi connectivity index (χ1v) is 7.47. The zero-order valence-electron chi connectivity index (χ0n) is 11.8. The number of carbonyl (C=O) groups is 1. The molecule has 2 N–H and O–H groups in total. The predicted molar refractivity (Wildman–Crippen MR) is 72.0 cm³/mol. The van der Waals surface area contributed by atoms with E-state index in [1.54, 1.807) is 0 Å². The summed E-state index contributed by atoms with van der Waals surface area (Å²) in [5.41, 5.74) is 5.47. The van der Waals surface area contributed by atoms with E-state index in [0.29, 0.717) is 18.4 Å². The minimum Gasteiger partial charge on any atom is -0.462 e. The van der Waals surface area contributed by atoms with E-state index in [4.69, 9.17) is 10.5 Å². The van der Waals surface area contributed by atoms with Gasteiger partial charge in [-0.2, -0.15) is 0 Å². The van der Waals surface area contributed by atoms with Gasteiger partial charge in [-0.1, -0.05) is 26.7 Å². The van der Waals surface area contributed by atoms with Gasteiger partial charge in [-0.25, -0.2) is 0 Å². The first kappa shape index (κ1) is 13.9.